The van der Waals surface area contributed by atoms with E-state index in [2.05, 4.69) is 15.3 Å². The van der Waals surface area contributed by atoms with E-state index in [-0.39, 0.29) is 17.4 Å². The van der Waals surface area contributed by atoms with Crippen LogP contribution < -0.4 is 10.1 Å². The molecule has 0 saturated carbocycles. The maximum absolute atomic E-state index is 12.8. The summed E-state index contributed by atoms with van der Waals surface area (Å²) in [5, 5.41) is 2.64. The molecule has 2 aromatic heterocycles. The molecule has 23 heavy (non-hydrogen) atoms. The number of anilines is 1. The number of pyridine rings is 1. The fraction of sp³-hybridized carbons (Fsp3) is 0.0625. The van der Waals surface area contributed by atoms with Crippen molar-refractivity contribution in [3.8, 4) is 5.75 Å². The number of amides is 1. The average molecular weight is 329 g/mol. The maximum atomic E-state index is 12.8. The van der Waals surface area contributed by atoms with Gasteiger partial charge >= 0.3 is 0 Å². The molecule has 7 heteroatoms. The molecule has 0 spiro atoms. The Balaban J connectivity index is 1.59. The molecule has 0 atom stereocenters. The molecule has 0 radical (unpaired) electrons. The Kier molecular flexibility index (Phi) is 4.58. The molecule has 2 heterocycles. The van der Waals surface area contributed by atoms with Gasteiger partial charge < -0.3 is 10.1 Å². The highest BCUT2D eigenvalue weighted by molar-refractivity contribution is 7.09. The van der Waals surface area contributed by atoms with E-state index in [4.69, 9.17) is 4.74 Å². The molecule has 0 aliphatic heterocycles. The minimum atomic E-state index is -0.370. The molecule has 1 aromatic carbocycles. The van der Waals surface area contributed by atoms with Gasteiger partial charge in [0.05, 0.1) is 16.6 Å². The van der Waals surface area contributed by atoms with E-state index in [0.29, 0.717) is 18.0 Å². The van der Waals surface area contributed by atoms with Gasteiger partial charge in [0, 0.05) is 11.9 Å². The fourth-order valence-corrected chi connectivity index (χ4v) is 2.30. The lowest BCUT2D eigenvalue weighted by atomic mass is 10.3. The number of halogens is 1. The molecule has 0 aliphatic rings. The standard InChI is InChI=1S/C16H12FN3O2S/c17-11-1-3-12(4-2-11)20-16(21)15-6-5-13(7-19-15)22-9-14-8-18-10-23-14/h1-8,10H,9H2,(H,20,21). The zero-order valence-electron chi connectivity index (χ0n) is 11.9. The van der Waals surface area contributed by atoms with Crippen LogP contribution in [0, 0.1) is 5.82 Å². The molecule has 0 bridgehead atoms. The first-order valence-corrected chi connectivity index (χ1v) is 7.62. The molecule has 1 N–H and O–H groups in total. The number of nitrogens with zero attached hydrogens (tertiary/aromatic N) is 2. The smallest absolute Gasteiger partial charge is 0.274 e. The van der Waals surface area contributed by atoms with Gasteiger partial charge in [-0.1, -0.05) is 0 Å². The van der Waals surface area contributed by atoms with Crippen molar-refractivity contribution in [1.29, 1.82) is 0 Å². The predicted molar refractivity (Wildman–Crippen MR) is 85.0 cm³/mol. The third-order valence-corrected chi connectivity index (χ3v) is 3.69. The van der Waals surface area contributed by atoms with Gasteiger partial charge in [-0.2, -0.15) is 0 Å². The lowest BCUT2D eigenvalue weighted by Crippen LogP contribution is -2.13. The quantitative estimate of drug-likeness (QED) is 0.778. The number of rotatable bonds is 5. The fourth-order valence-electron chi connectivity index (χ4n) is 1.80. The maximum Gasteiger partial charge on any atom is 0.274 e. The molecule has 5 nitrogen and oxygen atoms in total. The van der Waals surface area contributed by atoms with Crippen molar-refractivity contribution in [2.75, 3.05) is 5.32 Å². The lowest BCUT2D eigenvalue weighted by Gasteiger charge is -2.06. The topological polar surface area (TPSA) is 64.1 Å². The minimum Gasteiger partial charge on any atom is -0.486 e. The highest BCUT2D eigenvalue weighted by atomic mass is 32.1. The average Bonchev–Trinajstić information content (AvgIpc) is 3.09. The second-order valence-corrected chi connectivity index (χ2v) is 5.57. The first kappa shape index (κ1) is 15.1. The van der Waals surface area contributed by atoms with Crippen LogP contribution >= 0.6 is 11.3 Å². The van der Waals surface area contributed by atoms with Crippen LogP contribution in [0.25, 0.3) is 0 Å². The van der Waals surface area contributed by atoms with E-state index in [0.717, 1.165) is 4.88 Å². The van der Waals surface area contributed by atoms with Gasteiger partial charge in [0.2, 0.25) is 0 Å². The molecule has 0 aliphatic carbocycles. The second kappa shape index (κ2) is 6.97. The van der Waals surface area contributed by atoms with Crippen LogP contribution in [0.5, 0.6) is 5.75 Å². The van der Waals surface area contributed by atoms with Gasteiger partial charge in [-0.25, -0.2) is 9.37 Å². The Bertz CT molecular complexity index is 774. The Morgan fingerprint density at radius 1 is 1.17 bits per heavy atom. The van der Waals surface area contributed by atoms with Crippen molar-refractivity contribution < 1.29 is 13.9 Å². The van der Waals surface area contributed by atoms with Gasteiger partial charge in [0.1, 0.15) is 23.9 Å². The number of aromatic nitrogens is 2. The number of hydrogen-bond acceptors (Lipinski definition) is 5. The SMILES string of the molecule is O=C(Nc1ccc(F)cc1)c1ccc(OCc2cncs2)cn1. The Labute approximate surface area is 135 Å². The molecule has 1 amide bonds. The number of carbonyl (C=O) groups is 1. The van der Waals surface area contributed by atoms with Gasteiger partial charge in [-0.3, -0.25) is 9.78 Å². The van der Waals surface area contributed by atoms with Crippen molar-refractivity contribution >= 4 is 22.9 Å². The first-order chi connectivity index (χ1) is 11.2. The summed E-state index contributed by atoms with van der Waals surface area (Å²) in [5.41, 5.74) is 2.49. The third-order valence-electron chi connectivity index (χ3n) is 2.94. The van der Waals surface area contributed by atoms with E-state index >= 15 is 0 Å². The van der Waals surface area contributed by atoms with Gasteiger partial charge in [-0.05, 0) is 36.4 Å². The number of nitrogens with one attached hydrogen (secondary N) is 1. The number of ether oxygens (including phenoxy) is 1. The van der Waals surface area contributed by atoms with Crippen molar-refractivity contribution in [3.63, 3.8) is 0 Å². The third kappa shape index (κ3) is 4.10. The van der Waals surface area contributed by atoms with Crippen LogP contribution in [0.1, 0.15) is 15.4 Å². The van der Waals surface area contributed by atoms with E-state index in [9.17, 15) is 9.18 Å². The minimum absolute atomic E-state index is 0.250. The Morgan fingerprint density at radius 2 is 2.00 bits per heavy atom. The Morgan fingerprint density at radius 3 is 2.65 bits per heavy atom. The number of hydrogen-bond donors (Lipinski definition) is 1. The summed E-state index contributed by atoms with van der Waals surface area (Å²) in [6.45, 7) is 0.410. The van der Waals surface area contributed by atoms with Crippen LogP contribution in [-0.4, -0.2) is 15.9 Å². The van der Waals surface area contributed by atoms with Crippen LogP contribution in [0.4, 0.5) is 10.1 Å². The molecule has 116 valence electrons. The van der Waals surface area contributed by atoms with E-state index in [1.165, 1.54) is 41.8 Å². The zero-order valence-corrected chi connectivity index (χ0v) is 12.7. The predicted octanol–water partition coefficient (Wildman–Crippen LogP) is 3.51. The molecule has 0 fully saturated rings. The number of benzene rings is 1. The molecular weight excluding hydrogens is 317 g/mol. The molecule has 0 saturated heterocycles. The van der Waals surface area contributed by atoms with Gasteiger partial charge in [0.15, 0.2) is 0 Å². The first-order valence-electron chi connectivity index (χ1n) is 6.74. The molecule has 3 aromatic rings. The summed E-state index contributed by atoms with van der Waals surface area (Å²) in [6, 6.07) is 8.77. The zero-order chi connectivity index (χ0) is 16.1. The summed E-state index contributed by atoms with van der Waals surface area (Å²) >= 11 is 1.51. The van der Waals surface area contributed by atoms with Crippen LogP contribution in [0.3, 0.4) is 0 Å². The highest BCUT2D eigenvalue weighted by Gasteiger charge is 2.08. The highest BCUT2D eigenvalue weighted by Crippen LogP contribution is 2.15. The van der Waals surface area contributed by atoms with E-state index in [1.807, 2.05) is 0 Å². The van der Waals surface area contributed by atoms with Crippen molar-refractivity contribution in [1.82, 2.24) is 9.97 Å². The van der Waals surface area contributed by atoms with E-state index in [1.54, 1.807) is 23.8 Å². The van der Waals surface area contributed by atoms with Crippen molar-refractivity contribution in [3.05, 3.63) is 70.7 Å². The van der Waals surface area contributed by atoms with E-state index < -0.39 is 0 Å². The second-order valence-electron chi connectivity index (χ2n) is 4.60. The summed E-state index contributed by atoms with van der Waals surface area (Å²) in [4.78, 5) is 21.1. The van der Waals surface area contributed by atoms with Crippen molar-refractivity contribution in [2.24, 2.45) is 0 Å². The summed E-state index contributed by atoms with van der Waals surface area (Å²) in [7, 11) is 0. The lowest BCUT2D eigenvalue weighted by molar-refractivity contribution is 0.102. The van der Waals surface area contributed by atoms with Crippen LogP contribution in [0.15, 0.2) is 54.3 Å². The number of carbonyl (C=O) groups excluding carboxylic acids is 1. The summed E-state index contributed by atoms with van der Waals surface area (Å²) in [6.07, 6.45) is 3.23. The van der Waals surface area contributed by atoms with Crippen LogP contribution in [-0.2, 0) is 6.61 Å². The van der Waals surface area contributed by atoms with Gasteiger partial charge in [0.25, 0.3) is 5.91 Å². The normalized spacial score (nSPS) is 10.3. The largest absolute Gasteiger partial charge is 0.486 e. The molecule has 3 rings (SSSR count). The molecule has 0 unspecified atom stereocenters. The summed E-state index contributed by atoms with van der Waals surface area (Å²) in [5.74, 6) is -0.161. The summed E-state index contributed by atoms with van der Waals surface area (Å²) < 4.78 is 18.4. The van der Waals surface area contributed by atoms with Gasteiger partial charge in [-0.15, -0.1) is 11.3 Å². The van der Waals surface area contributed by atoms with Crippen molar-refractivity contribution in [2.45, 2.75) is 6.61 Å². The number of thiazole rings is 1. The van der Waals surface area contributed by atoms with Crippen LogP contribution in [0.2, 0.25) is 0 Å². The monoisotopic (exact) mass is 329 g/mol. The Hall–Kier alpha value is -2.80. The molecular formula is C16H12FN3O2S.